The molecule has 3 aliphatic heterocycles. The molecule has 8 nitrogen and oxygen atoms in total. The number of methoxy groups -OCH3 is 1. The SMILES string of the molecule is CCN1CCN(CC(O)[C@@H]2Cc3ccccc3CN2)C(=O)c2ccc(C(=O)N3CCC4(CC3)CC(OC)C4)cc21. The van der Waals surface area contributed by atoms with Crippen molar-refractivity contribution < 1.29 is 19.4 Å². The van der Waals surface area contributed by atoms with E-state index >= 15 is 0 Å². The van der Waals surface area contributed by atoms with Gasteiger partial charge in [-0.05, 0) is 73.8 Å². The highest BCUT2D eigenvalue weighted by Crippen LogP contribution is 2.50. The summed E-state index contributed by atoms with van der Waals surface area (Å²) in [5, 5.41) is 14.6. The number of hydrogen-bond acceptors (Lipinski definition) is 6. The van der Waals surface area contributed by atoms with Crippen LogP contribution in [0.5, 0.6) is 0 Å². The zero-order valence-corrected chi connectivity index (χ0v) is 23.8. The van der Waals surface area contributed by atoms with E-state index in [2.05, 4.69) is 29.3 Å². The number of aliphatic hydroxyl groups excluding tert-OH is 1. The smallest absolute Gasteiger partial charge is 0.256 e. The molecular weight excluding hydrogens is 504 g/mol. The predicted octanol–water partition coefficient (Wildman–Crippen LogP) is 3.08. The molecule has 1 saturated carbocycles. The lowest BCUT2D eigenvalue weighted by Gasteiger charge is -2.51. The molecule has 0 aromatic heterocycles. The molecule has 40 heavy (non-hydrogen) atoms. The summed E-state index contributed by atoms with van der Waals surface area (Å²) < 4.78 is 5.49. The highest BCUT2D eigenvalue weighted by Gasteiger charge is 2.46. The second-order valence-corrected chi connectivity index (χ2v) is 12.1. The van der Waals surface area contributed by atoms with Gasteiger partial charge in [-0.15, -0.1) is 0 Å². The minimum Gasteiger partial charge on any atom is -0.390 e. The van der Waals surface area contributed by atoms with Crippen LogP contribution in [-0.4, -0.2) is 91.3 Å². The van der Waals surface area contributed by atoms with Gasteiger partial charge in [0.05, 0.1) is 23.5 Å². The van der Waals surface area contributed by atoms with Crippen molar-refractivity contribution >= 4 is 17.5 Å². The van der Waals surface area contributed by atoms with Gasteiger partial charge in [-0.1, -0.05) is 24.3 Å². The van der Waals surface area contributed by atoms with Crippen molar-refractivity contribution in [2.24, 2.45) is 5.41 Å². The minimum absolute atomic E-state index is 0.0453. The van der Waals surface area contributed by atoms with Gasteiger partial charge in [0.25, 0.3) is 11.8 Å². The molecule has 0 radical (unpaired) electrons. The van der Waals surface area contributed by atoms with Gasteiger partial charge < -0.3 is 29.9 Å². The number of ether oxygens (including phenoxy) is 1. The molecule has 1 aliphatic carbocycles. The molecule has 2 atom stereocenters. The highest BCUT2D eigenvalue weighted by atomic mass is 16.5. The molecule has 2 aromatic carbocycles. The number of rotatable bonds is 6. The van der Waals surface area contributed by atoms with Crippen LogP contribution in [0.4, 0.5) is 5.69 Å². The fourth-order valence-electron chi connectivity index (χ4n) is 7.20. The van der Waals surface area contributed by atoms with Crippen LogP contribution in [-0.2, 0) is 17.7 Å². The molecule has 6 rings (SSSR count). The van der Waals surface area contributed by atoms with Gasteiger partial charge in [-0.2, -0.15) is 0 Å². The summed E-state index contributed by atoms with van der Waals surface area (Å²) in [7, 11) is 1.79. The maximum atomic E-state index is 13.7. The second kappa shape index (κ2) is 11.1. The number of likely N-dealkylation sites (N-methyl/N-ethyl adjacent to an activating group) is 1. The zero-order valence-electron chi connectivity index (χ0n) is 23.8. The first-order valence-electron chi connectivity index (χ1n) is 14.9. The highest BCUT2D eigenvalue weighted by molar-refractivity contribution is 6.03. The summed E-state index contributed by atoms with van der Waals surface area (Å²) in [5.74, 6) is -0.0400. The van der Waals surface area contributed by atoms with Crippen LogP contribution in [0.1, 0.15) is 64.4 Å². The first-order chi connectivity index (χ1) is 19.4. The van der Waals surface area contributed by atoms with E-state index < -0.39 is 6.10 Å². The van der Waals surface area contributed by atoms with Gasteiger partial charge >= 0.3 is 0 Å². The first kappa shape index (κ1) is 27.2. The normalized spacial score (nSPS) is 23.3. The van der Waals surface area contributed by atoms with Crippen LogP contribution in [0, 0.1) is 5.41 Å². The Morgan fingerprint density at radius 3 is 2.52 bits per heavy atom. The molecular formula is C32H42N4O4. The van der Waals surface area contributed by atoms with E-state index in [0.29, 0.717) is 35.7 Å². The largest absolute Gasteiger partial charge is 0.390 e. The average molecular weight is 547 g/mol. The first-order valence-corrected chi connectivity index (χ1v) is 14.9. The van der Waals surface area contributed by atoms with E-state index in [4.69, 9.17) is 4.74 Å². The summed E-state index contributed by atoms with van der Waals surface area (Å²) in [6.07, 6.45) is 4.71. The average Bonchev–Trinajstić information content (AvgIpc) is 3.10. The van der Waals surface area contributed by atoms with Crippen molar-refractivity contribution in [3.8, 4) is 0 Å². The van der Waals surface area contributed by atoms with Crippen LogP contribution in [0.3, 0.4) is 0 Å². The van der Waals surface area contributed by atoms with E-state index in [-0.39, 0.29) is 24.4 Å². The zero-order chi connectivity index (χ0) is 27.9. The Bertz CT molecular complexity index is 1250. The number of carbonyl (C=O) groups is 2. The topological polar surface area (TPSA) is 85.3 Å². The lowest BCUT2D eigenvalue weighted by atomic mass is 9.61. The van der Waals surface area contributed by atoms with Crippen molar-refractivity contribution in [3.05, 3.63) is 64.7 Å². The van der Waals surface area contributed by atoms with Crippen molar-refractivity contribution in [3.63, 3.8) is 0 Å². The lowest BCUT2D eigenvalue weighted by Crippen LogP contribution is -2.50. The fraction of sp³-hybridized carbons (Fsp3) is 0.562. The third kappa shape index (κ3) is 5.13. The van der Waals surface area contributed by atoms with Crippen LogP contribution >= 0.6 is 0 Å². The molecule has 2 aromatic rings. The molecule has 1 unspecified atom stereocenters. The molecule has 2 amide bonds. The minimum atomic E-state index is -0.674. The molecule has 2 N–H and O–H groups in total. The van der Waals surface area contributed by atoms with Crippen LogP contribution in [0.25, 0.3) is 0 Å². The number of amides is 2. The van der Waals surface area contributed by atoms with E-state index in [0.717, 1.165) is 64.0 Å². The maximum Gasteiger partial charge on any atom is 0.256 e. The molecule has 0 bridgehead atoms. The number of likely N-dealkylation sites (tertiary alicyclic amines) is 1. The summed E-state index contributed by atoms with van der Waals surface area (Å²) in [6.45, 7) is 6.54. The van der Waals surface area contributed by atoms with E-state index in [1.807, 2.05) is 29.2 Å². The summed E-state index contributed by atoms with van der Waals surface area (Å²) in [4.78, 5) is 33.2. The Kier molecular flexibility index (Phi) is 7.59. The number of aliphatic hydroxyl groups is 1. The fourth-order valence-corrected chi connectivity index (χ4v) is 7.20. The Balaban J connectivity index is 1.14. The van der Waals surface area contributed by atoms with E-state index in [1.54, 1.807) is 18.1 Å². The number of nitrogens with zero attached hydrogens (tertiary/aromatic N) is 3. The van der Waals surface area contributed by atoms with Gasteiger partial charge in [-0.25, -0.2) is 0 Å². The predicted molar refractivity (Wildman–Crippen MR) is 155 cm³/mol. The van der Waals surface area contributed by atoms with Crippen molar-refractivity contribution in [2.75, 3.05) is 51.3 Å². The number of carbonyl (C=O) groups excluding carboxylic acids is 2. The molecule has 4 aliphatic rings. The number of hydrogen-bond donors (Lipinski definition) is 2. The number of fused-ring (bicyclic) bond motifs is 2. The van der Waals surface area contributed by atoms with Gasteiger partial charge in [0, 0.05) is 64.5 Å². The number of anilines is 1. The quantitative estimate of drug-likeness (QED) is 0.580. The van der Waals surface area contributed by atoms with Crippen molar-refractivity contribution in [2.45, 2.75) is 63.8 Å². The second-order valence-electron chi connectivity index (χ2n) is 12.1. The van der Waals surface area contributed by atoms with E-state index in [9.17, 15) is 14.7 Å². The van der Waals surface area contributed by atoms with Crippen LogP contribution < -0.4 is 10.2 Å². The number of piperidine rings is 1. The third-order valence-electron chi connectivity index (χ3n) is 9.88. The van der Waals surface area contributed by atoms with Gasteiger partial charge in [0.2, 0.25) is 0 Å². The molecule has 8 heteroatoms. The van der Waals surface area contributed by atoms with Gasteiger partial charge in [0.15, 0.2) is 0 Å². The van der Waals surface area contributed by atoms with Gasteiger partial charge in [-0.3, -0.25) is 9.59 Å². The molecule has 2 fully saturated rings. The van der Waals surface area contributed by atoms with Gasteiger partial charge in [0.1, 0.15) is 0 Å². The monoisotopic (exact) mass is 546 g/mol. The number of nitrogens with one attached hydrogen (secondary N) is 1. The van der Waals surface area contributed by atoms with Crippen molar-refractivity contribution in [1.82, 2.24) is 15.1 Å². The third-order valence-corrected chi connectivity index (χ3v) is 9.88. The standard InChI is InChI=1S/C32H42N4O4/c1-3-34-14-15-36(21-29(37)27-16-22-6-4-5-7-24(22)20-33-27)31(39)26-9-8-23(17-28(26)34)30(38)35-12-10-32(11-13-35)18-25(19-32)40-2/h4-9,17,25,27,29,33,37H,3,10-16,18-21H2,1-2H3/t27-,29?/m0/s1. The summed E-state index contributed by atoms with van der Waals surface area (Å²) in [6, 6.07) is 13.7. The maximum absolute atomic E-state index is 13.7. The molecule has 1 saturated heterocycles. The Labute approximate surface area is 237 Å². The summed E-state index contributed by atoms with van der Waals surface area (Å²) >= 11 is 0. The number of β-amino-alcohol motifs (C(OH)–C–C–N with tert-alkyl or cyclic N) is 1. The Morgan fingerprint density at radius 2 is 1.80 bits per heavy atom. The Hall–Kier alpha value is -2.94. The van der Waals surface area contributed by atoms with Crippen molar-refractivity contribution in [1.29, 1.82) is 0 Å². The molecule has 214 valence electrons. The van der Waals surface area contributed by atoms with E-state index in [1.165, 1.54) is 11.1 Å². The lowest BCUT2D eigenvalue weighted by molar-refractivity contribution is -0.0841. The summed E-state index contributed by atoms with van der Waals surface area (Å²) in [5.41, 5.74) is 4.92. The van der Waals surface area contributed by atoms with Crippen LogP contribution in [0.15, 0.2) is 42.5 Å². The Morgan fingerprint density at radius 1 is 1.07 bits per heavy atom. The molecule has 3 heterocycles. The number of benzene rings is 2. The van der Waals surface area contributed by atoms with Crippen LogP contribution in [0.2, 0.25) is 0 Å². The molecule has 1 spiro atoms.